The molecule has 0 aliphatic rings. The van der Waals surface area contributed by atoms with Crippen molar-refractivity contribution in [1.29, 1.82) is 0 Å². The van der Waals surface area contributed by atoms with E-state index in [1.54, 1.807) is 0 Å². The normalized spacial score (nSPS) is 15.3. The van der Waals surface area contributed by atoms with Crippen LogP contribution in [0.25, 0.3) is 0 Å². The Labute approximate surface area is 159 Å². The lowest BCUT2D eigenvalue weighted by Gasteiger charge is -2.13. The van der Waals surface area contributed by atoms with Crippen molar-refractivity contribution in [3.63, 3.8) is 0 Å². The molecule has 0 aromatic rings. The molecule has 0 fully saturated rings. The van der Waals surface area contributed by atoms with Gasteiger partial charge in [0.1, 0.15) is 12.2 Å². The van der Waals surface area contributed by atoms with Crippen LogP contribution in [0.2, 0.25) is 0 Å². The third-order valence-corrected chi connectivity index (χ3v) is 4.64. The number of hydrogen-bond acceptors (Lipinski definition) is 5. The van der Waals surface area contributed by atoms with E-state index in [9.17, 15) is 20.1 Å². The number of unbranched alkanes of at least 4 members (excludes halogenated alkanes) is 8. The summed E-state index contributed by atoms with van der Waals surface area (Å²) in [4.78, 5) is 11.6. The van der Waals surface area contributed by atoms with Gasteiger partial charge in [0.2, 0.25) is 0 Å². The minimum atomic E-state index is -1.47. The molecule has 5 nitrogen and oxygen atoms in total. The summed E-state index contributed by atoms with van der Waals surface area (Å²) in [5.41, 5.74) is 0. The molecule has 0 aromatic carbocycles. The molecule has 3 atom stereocenters. The smallest absolute Gasteiger partial charge is 0.164 e. The molecule has 0 aliphatic carbocycles. The van der Waals surface area contributed by atoms with Gasteiger partial charge in [0.05, 0.1) is 12.7 Å². The number of ketones is 1. The first kappa shape index (κ1) is 25.2. The third kappa shape index (κ3) is 14.4. The predicted molar refractivity (Wildman–Crippen MR) is 105 cm³/mol. The van der Waals surface area contributed by atoms with Crippen LogP contribution in [0.15, 0.2) is 12.2 Å². The fraction of sp³-hybridized carbons (Fsp3) is 0.857. The van der Waals surface area contributed by atoms with Crippen LogP contribution in [0.5, 0.6) is 0 Å². The van der Waals surface area contributed by atoms with Gasteiger partial charge in [-0.05, 0) is 32.1 Å². The van der Waals surface area contributed by atoms with Crippen LogP contribution in [0, 0.1) is 0 Å². The first-order valence-corrected chi connectivity index (χ1v) is 10.4. The Balaban J connectivity index is 3.46. The Morgan fingerprint density at radius 1 is 0.885 bits per heavy atom. The molecule has 0 saturated carbocycles. The molecule has 26 heavy (non-hydrogen) atoms. The number of aliphatic hydroxyl groups is 4. The van der Waals surface area contributed by atoms with Crippen molar-refractivity contribution in [3.05, 3.63) is 12.2 Å². The van der Waals surface area contributed by atoms with Gasteiger partial charge in [0.25, 0.3) is 0 Å². The lowest BCUT2D eigenvalue weighted by Crippen LogP contribution is -2.36. The number of Topliss-reactive ketones (excluding diaryl/α,β-unsaturated/α-hetero) is 1. The maximum Gasteiger partial charge on any atom is 0.164 e. The van der Waals surface area contributed by atoms with Crippen LogP contribution >= 0.6 is 0 Å². The largest absolute Gasteiger partial charge is 0.394 e. The zero-order chi connectivity index (χ0) is 19.6. The maximum atomic E-state index is 11.6. The molecule has 0 bridgehead atoms. The minimum absolute atomic E-state index is 0.238. The summed E-state index contributed by atoms with van der Waals surface area (Å²) in [5, 5.41) is 37.2. The summed E-state index contributed by atoms with van der Waals surface area (Å²) in [6.07, 6.45) is 13.7. The number of aliphatic hydroxyl groups excluding tert-OH is 4. The molecule has 0 radical (unpaired) electrons. The van der Waals surface area contributed by atoms with Crippen molar-refractivity contribution in [2.45, 2.75) is 109 Å². The van der Waals surface area contributed by atoms with Gasteiger partial charge in [-0.25, -0.2) is 0 Å². The summed E-state index contributed by atoms with van der Waals surface area (Å²) >= 11 is 0. The zero-order valence-corrected chi connectivity index (χ0v) is 16.5. The number of carbonyl (C=O) groups excluding carboxylic acids is 1. The second-order valence-corrected chi connectivity index (χ2v) is 7.18. The molecule has 0 rings (SSSR count). The van der Waals surface area contributed by atoms with Crippen molar-refractivity contribution in [1.82, 2.24) is 0 Å². The van der Waals surface area contributed by atoms with Crippen LogP contribution < -0.4 is 0 Å². The van der Waals surface area contributed by atoms with Crippen molar-refractivity contribution in [2.24, 2.45) is 0 Å². The van der Waals surface area contributed by atoms with Crippen molar-refractivity contribution in [2.75, 3.05) is 6.61 Å². The second kappa shape index (κ2) is 17.7. The Morgan fingerprint density at radius 2 is 1.54 bits per heavy atom. The Morgan fingerprint density at radius 3 is 2.19 bits per heavy atom. The van der Waals surface area contributed by atoms with Gasteiger partial charge >= 0.3 is 0 Å². The topological polar surface area (TPSA) is 98.0 Å². The number of hydrogen-bond donors (Lipinski definition) is 4. The predicted octanol–water partition coefficient (Wildman–Crippen LogP) is 3.28. The van der Waals surface area contributed by atoms with Gasteiger partial charge < -0.3 is 20.4 Å². The molecule has 154 valence electrons. The highest BCUT2D eigenvalue weighted by atomic mass is 16.4. The van der Waals surface area contributed by atoms with Crippen molar-refractivity contribution >= 4 is 5.78 Å². The molecule has 5 heteroatoms. The van der Waals surface area contributed by atoms with Crippen LogP contribution in [0.4, 0.5) is 0 Å². The number of allylic oxidation sites excluding steroid dienone is 1. The molecule has 0 heterocycles. The van der Waals surface area contributed by atoms with Crippen LogP contribution in [-0.4, -0.2) is 51.1 Å². The average molecular weight is 373 g/mol. The Kier molecular flexibility index (Phi) is 17.1. The highest BCUT2D eigenvalue weighted by Gasteiger charge is 2.22. The monoisotopic (exact) mass is 372 g/mol. The zero-order valence-electron chi connectivity index (χ0n) is 16.5. The molecule has 0 amide bonds. The second-order valence-electron chi connectivity index (χ2n) is 7.18. The van der Waals surface area contributed by atoms with E-state index in [1.165, 1.54) is 19.3 Å². The van der Waals surface area contributed by atoms with E-state index in [2.05, 4.69) is 19.1 Å². The third-order valence-electron chi connectivity index (χ3n) is 4.64. The van der Waals surface area contributed by atoms with Crippen molar-refractivity contribution in [3.8, 4) is 0 Å². The van der Waals surface area contributed by atoms with E-state index >= 15 is 0 Å². The summed E-state index contributed by atoms with van der Waals surface area (Å²) in [5.74, 6) is -0.405. The van der Waals surface area contributed by atoms with E-state index < -0.39 is 24.6 Å². The highest BCUT2D eigenvalue weighted by Crippen LogP contribution is 2.12. The average Bonchev–Trinajstić information content (AvgIpc) is 2.65. The van der Waals surface area contributed by atoms with E-state index in [4.69, 9.17) is 5.11 Å². The summed E-state index contributed by atoms with van der Waals surface area (Å²) in [6, 6.07) is 0. The minimum Gasteiger partial charge on any atom is -0.394 e. The fourth-order valence-electron chi connectivity index (χ4n) is 2.85. The van der Waals surface area contributed by atoms with Crippen LogP contribution in [-0.2, 0) is 4.79 Å². The number of rotatable bonds is 18. The van der Waals surface area contributed by atoms with Gasteiger partial charge in [-0.15, -0.1) is 0 Å². The van der Waals surface area contributed by atoms with E-state index in [1.807, 2.05) is 0 Å². The Hall–Kier alpha value is -0.750. The molecule has 0 aromatic heterocycles. The van der Waals surface area contributed by atoms with E-state index in [0.29, 0.717) is 6.42 Å². The van der Waals surface area contributed by atoms with Crippen molar-refractivity contribution < 1.29 is 25.2 Å². The van der Waals surface area contributed by atoms with E-state index in [-0.39, 0.29) is 12.5 Å². The van der Waals surface area contributed by atoms with Crippen LogP contribution in [0.3, 0.4) is 0 Å². The fourth-order valence-corrected chi connectivity index (χ4v) is 2.85. The maximum absolute atomic E-state index is 11.6. The molecule has 0 spiro atoms. The standard InChI is InChI=1S/C21H40O5/c1-2-3-4-5-8-11-14-18(23)15-12-9-6-7-10-13-16-19(24)21(26)20(25)17-22/h8,11,18,20-23,25-26H,2-7,9-10,12-17H2,1H3/b11-8-. The lowest BCUT2D eigenvalue weighted by atomic mass is 10.0. The quantitative estimate of drug-likeness (QED) is 0.219. The molecule has 0 aliphatic heterocycles. The first-order chi connectivity index (χ1) is 12.5. The van der Waals surface area contributed by atoms with Gasteiger partial charge in [-0.2, -0.15) is 0 Å². The van der Waals surface area contributed by atoms with E-state index in [0.717, 1.165) is 51.4 Å². The number of carbonyl (C=O) groups is 1. The molecular formula is C21H40O5. The lowest BCUT2D eigenvalue weighted by molar-refractivity contribution is -0.134. The van der Waals surface area contributed by atoms with Crippen LogP contribution in [0.1, 0.15) is 90.4 Å². The van der Waals surface area contributed by atoms with Gasteiger partial charge in [-0.3, -0.25) is 4.79 Å². The summed E-state index contributed by atoms with van der Waals surface area (Å²) < 4.78 is 0. The summed E-state index contributed by atoms with van der Waals surface area (Å²) in [7, 11) is 0. The summed E-state index contributed by atoms with van der Waals surface area (Å²) in [6.45, 7) is 1.59. The molecule has 3 unspecified atom stereocenters. The van der Waals surface area contributed by atoms with Gasteiger partial charge in [-0.1, -0.05) is 64.0 Å². The molecule has 0 saturated heterocycles. The molecular weight excluding hydrogens is 332 g/mol. The van der Waals surface area contributed by atoms with Gasteiger partial charge in [0.15, 0.2) is 5.78 Å². The Bertz CT molecular complexity index is 356. The molecule has 4 N–H and O–H groups in total. The van der Waals surface area contributed by atoms with Gasteiger partial charge in [0, 0.05) is 6.42 Å². The first-order valence-electron chi connectivity index (χ1n) is 10.4. The highest BCUT2D eigenvalue weighted by molar-refractivity contribution is 5.83. The SMILES string of the molecule is CCCCC/C=C\CC(O)CCCCCCCCC(=O)C(O)C(O)CO.